The Morgan fingerprint density at radius 1 is 1.29 bits per heavy atom. The van der Waals surface area contributed by atoms with E-state index in [1.54, 1.807) is 7.11 Å². The number of carbonyl (C=O) groups is 1. The number of methoxy groups -OCH3 is 1. The molecule has 0 aromatic heterocycles. The SMILES string of the molecule is COCCOc1ccc(C2NNC(C)C2C(=O)NN)cc1. The number of hydrogen-bond donors (Lipinski definition) is 4. The van der Waals surface area contributed by atoms with E-state index < -0.39 is 0 Å². The lowest BCUT2D eigenvalue weighted by Crippen LogP contribution is -2.41. The van der Waals surface area contributed by atoms with Gasteiger partial charge in [-0.2, -0.15) is 0 Å². The Morgan fingerprint density at radius 3 is 2.62 bits per heavy atom. The molecule has 1 aliphatic heterocycles. The minimum atomic E-state index is -0.268. The molecule has 1 aromatic carbocycles. The molecule has 21 heavy (non-hydrogen) atoms. The number of nitrogens with two attached hydrogens (primary N) is 1. The Hall–Kier alpha value is -1.67. The number of nitrogens with one attached hydrogen (secondary N) is 3. The van der Waals surface area contributed by atoms with E-state index in [0.717, 1.165) is 11.3 Å². The van der Waals surface area contributed by atoms with Gasteiger partial charge in [0, 0.05) is 13.2 Å². The van der Waals surface area contributed by atoms with Crippen LogP contribution in [0.5, 0.6) is 5.75 Å². The minimum Gasteiger partial charge on any atom is -0.491 e. The second kappa shape index (κ2) is 7.37. The van der Waals surface area contributed by atoms with Gasteiger partial charge in [0.2, 0.25) is 5.91 Å². The van der Waals surface area contributed by atoms with Gasteiger partial charge in [-0.25, -0.2) is 11.3 Å². The van der Waals surface area contributed by atoms with Gasteiger partial charge in [0.15, 0.2) is 0 Å². The van der Waals surface area contributed by atoms with Gasteiger partial charge < -0.3 is 9.47 Å². The van der Waals surface area contributed by atoms with Crippen molar-refractivity contribution in [1.82, 2.24) is 16.3 Å². The highest BCUT2D eigenvalue weighted by atomic mass is 16.5. The first-order valence-electron chi connectivity index (χ1n) is 6.90. The monoisotopic (exact) mass is 294 g/mol. The second-order valence-electron chi connectivity index (χ2n) is 5.00. The molecular formula is C14H22N4O3. The quantitative estimate of drug-likeness (QED) is 0.252. The molecule has 1 heterocycles. The summed E-state index contributed by atoms with van der Waals surface area (Å²) in [6.07, 6.45) is 0. The normalized spacial score (nSPS) is 24.8. The van der Waals surface area contributed by atoms with Crippen LogP contribution in [0.2, 0.25) is 0 Å². The van der Waals surface area contributed by atoms with Crippen LogP contribution in [0.15, 0.2) is 24.3 Å². The Kier molecular flexibility index (Phi) is 5.51. The van der Waals surface area contributed by atoms with Crippen molar-refractivity contribution in [2.45, 2.75) is 19.0 Å². The first kappa shape index (κ1) is 15.7. The lowest BCUT2D eigenvalue weighted by molar-refractivity contribution is -0.125. The van der Waals surface area contributed by atoms with Gasteiger partial charge in [-0.05, 0) is 24.6 Å². The van der Waals surface area contributed by atoms with Gasteiger partial charge in [-0.3, -0.25) is 15.6 Å². The van der Waals surface area contributed by atoms with E-state index in [9.17, 15) is 4.79 Å². The Balaban J connectivity index is 2.05. The average Bonchev–Trinajstić information content (AvgIpc) is 2.89. The van der Waals surface area contributed by atoms with Gasteiger partial charge in [0.25, 0.3) is 0 Å². The molecule has 1 fully saturated rings. The Morgan fingerprint density at radius 2 is 2.00 bits per heavy atom. The summed E-state index contributed by atoms with van der Waals surface area (Å²) in [6, 6.07) is 7.51. The molecule has 1 aliphatic rings. The molecule has 0 radical (unpaired) electrons. The smallest absolute Gasteiger partial charge is 0.240 e. The second-order valence-corrected chi connectivity index (χ2v) is 5.00. The van der Waals surface area contributed by atoms with Crippen molar-refractivity contribution in [1.29, 1.82) is 0 Å². The van der Waals surface area contributed by atoms with E-state index in [-0.39, 0.29) is 23.9 Å². The minimum absolute atomic E-state index is 0.00354. The van der Waals surface area contributed by atoms with Gasteiger partial charge in [0.05, 0.1) is 18.6 Å². The maximum Gasteiger partial charge on any atom is 0.240 e. The molecule has 7 nitrogen and oxygen atoms in total. The predicted octanol–water partition coefficient (Wildman–Crippen LogP) is -0.145. The van der Waals surface area contributed by atoms with Crippen molar-refractivity contribution in [2.24, 2.45) is 11.8 Å². The first-order valence-corrected chi connectivity index (χ1v) is 6.90. The molecule has 5 N–H and O–H groups in total. The standard InChI is InChI=1S/C14H22N4O3/c1-9-12(14(19)16-15)13(18-17-9)10-3-5-11(6-4-10)21-8-7-20-2/h3-6,9,12-13,17-18H,7-8,15H2,1-2H3,(H,16,19). The Labute approximate surface area is 124 Å². The summed E-state index contributed by atoms with van der Waals surface area (Å²) in [5.41, 5.74) is 9.43. The lowest BCUT2D eigenvalue weighted by Gasteiger charge is -2.19. The van der Waals surface area contributed by atoms with Crippen LogP contribution in [0, 0.1) is 5.92 Å². The number of hydrazine groups is 2. The fraction of sp³-hybridized carbons (Fsp3) is 0.500. The number of ether oxygens (including phenoxy) is 2. The van der Waals surface area contributed by atoms with Crippen LogP contribution in [-0.2, 0) is 9.53 Å². The molecule has 3 atom stereocenters. The predicted molar refractivity (Wildman–Crippen MR) is 78.1 cm³/mol. The van der Waals surface area contributed by atoms with Gasteiger partial charge in [0.1, 0.15) is 12.4 Å². The van der Waals surface area contributed by atoms with Crippen LogP contribution in [0.25, 0.3) is 0 Å². The van der Waals surface area contributed by atoms with Crippen molar-refractivity contribution in [3.63, 3.8) is 0 Å². The molecule has 0 saturated carbocycles. The largest absolute Gasteiger partial charge is 0.491 e. The molecule has 116 valence electrons. The van der Waals surface area contributed by atoms with Crippen molar-refractivity contribution < 1.29 is 14.3 Å². The molecule has 3 unspecified atom stereocenters. The van der Waals surface area contributed by atoms with Crippen LogP contribution >= 0.6 is 0 Å². The van der Waals surface area contributed by atoms with Crippen molar-refractivity contribution >= 4 is 5.91 Å². The highest BCUT2D eigenvalue weighted by Gasteiger charge is 2.38. The van der Waals surface area contributed by atoms with Gasteiger partial charge in [-0.1, -0.05) is 12.1 Å². The molecular weight excluding hydrogens is 272 g/mol. The Bertz CT molecular complexity index is 466. The third-order valence-corrected chi connectivity index (χ3v) is 3.60. The first-order chi connectivity index (χ1) is 10.2. The number of amides is 1. The summed E-state index contributed by atoms with van der Waals surface area (Å²) in [5, 5.41) is 0. The van der Waals surface area contributed by atoms with E-state index in [0.29, 0.717) is 13.2 Å². The summed E-state index contributed by atoms with van der Waals surface area (Å²) < 4.78 is 10.5. The lowest BCUT2D eigenvalue weighted by atomic mass is 9.89. The molecule has 0 spiro atoms. The molecule has 7 heteroatoms. The highest BCUT2D eigenvalue weighted by Crippen LogP contribution is 2.29. The van der Waals surface area contributed by atoms with Crippen molar-refractivity contribution in [3.05, 3.63) is 29.8 Å². The number of carbonyl (C=O) groups excluding carboxylic acids is 1. The van der Waals surface area contributed by atoms with Crippen molar-refractivity contribution in [3.8, 4) is 5.75 Å². The molecule has 0 bridgehead atoms. The summed E-state index contributed by atoms with van der Waals surface area (Å²) >= 11 is 0. The molecule has 1 amide bonds. The van der Waals surface area contributed by atoms with Crippen LogP contribution in [-0.4, -0.2) is 32.3 Å². The van der Waals surface area contributed by atoms with Crippen molar-refractivity contribution in [2.75, 3.05) is 20.3 Å². The maximum atomic E-state index is 11.9. The van der Waals surface area contributed by atoms with Gasteiger partial charge >= 0.3 is 0 Å². The third-order valence-electron chi connectivity index (χ3n) is 3.60. The fourth-order valence-corrected chi connectivity index (χ4v) is 2.47. The number of rotatable bonds is 6. The molecule has 2 rings (SSSR count). The van der Waals surface area contributed by atoms with Crippen LogP contribution in [0.4, 0.5) is 0 Å². The van der Waals surface area contributed by atoms with Crippen LogP contribution < -0.4 is 26.9 Å². The summed E-state index contributed by atoms with van der Waals surface area (Å²) in [5.74, 6) is 5.57. The van der Waals surface area contributed by atoms with E-state index in [2.05, 4.69) is 16.3 Å². The topological polar surface area (TPSA) is 97.6 Å². The van der Waals surface area contributed by atoms with Crippen LogP contribution in [0.1, 0.15) is 18.5 Å². The summed E-state index contributed by atoms with van der Waals surface area (Å²) in [6.45, 7) is 3.00. The average molecular weight is 294 g/mol. The fourth-order valence-electron chi connectivity index (χ4n) is 2.47. The zero-order valence-corrected chi connectivity index (χ0v) is 12.3. The van der Waals surface area contributed by atoms with E-state index in [4.69, 9.17) is 15.3 Å². The maximum absolute atomic E-state index is 11.9. The highest BCUT2D eigenvalue weighted by molar-refractivity contribution is 5.80. The summed E-state index contributed by atoms with van der Waals surface area (Å²) in [7, 11) is 1.63. The zero-order valence-electron chi connectivity index (χ0n) is 12.3. The molecule has 1 aromatic rings. The zero-order chi connectivity index (χ0) is 15.2. The third kappa shape index (κ3) is 3.70. The van der Waals surface area contributed by atoms with Gasteiger partial charge in [-0.15, -0.1) is 0 Å². The van der Waals surface area contributed by atoms with Crippen LogP contribution in [0.3, 0.4) is 0 Å². The number of benzene rings is 1. The summed E-state index contributed by atoms with van der Waals surface area (Å²) in [4.78, 5) is 11.9. The number of hydrogen-bond acceptors (Lipinski definition) is 6. The van der Waals surface area contributed by atoms with E-state index in [1.165, 1.54) is 0 Å². The van der Waals surface area contributed by atoms with E-state index >= 15 is 0 Å². The van der Waals surface area contributed by atoms with E-state index in [1.807, 2.05) is 31.2 Å². The molecule has 0 aliphatic carbocycles. The molecule has 1 saturated heterocycles.